The molecule has 0 aliphatic rings. The standard InChI is InChI=1S/C5H9NO6/c6-1(4(9)10)2(7)3(8)5(11)12/h1-3,7-8H,6H2,(H,9,10)(H,11,12)/t1-,2+,3-/m1/s1. The van der Waals surface area contributed by atoms with E-state index in [1.807, 2.05) is 0 Å². The molecule has 0 aliphatic carbocycles. The van der Waals surface area contributed by atoms with Crippen molar-refractivity contribution >= 4 is 11.9 Å². The van der Waals surface area contributed by atoms with Gasteiger partial charge in [-0.05, 0) is 0 Å². The second-order valence-electron chi connectivity index (χ2n) is 2.14. The van der Waals surface area contributed by atoms with Crippen LogP contribution in [0, 0.1) is 0 Å². The fraction of sp³-hybridized carbons (Fsp3) is 0.600. The molecular weight excluding hydrogens is 170 g/mol. The molecule has 0 aromatic carbocycles. The molecule has 70 valence electrons. The van der Waals surface area contributed by atoms with Crippen LogP contribution in [0.3, 0.4) is 0 Å². The quantitative estimate of drug-likeness (QED) is 0.314. The monoisotopic (exact) mass is 179 g/mol. The van der Waals surface area contributed by atoms with Gasteiger partial charge in [0, 0.05) is 0 Å². The normalized spacial score (nSPS) is 17.9. The Bertz CT molecular complexity index is 172. The molecule has 0 rings (SSSR count). The van der Waals surface area contributed by atoms with Gasteiger partial charge < -0.3 is 26.2 Å². The molecule has 3 atom stereocenters. The zero-order chi connectivity index (χ0) is 9.89. The Morgan fingerprint density at radius 2 is 1.50 bits per heavy atom. The smallest absolute Gasteiger partial charge is 0.335 e. The van der Waals surface area contributed by atoms with Crippen molar-refractivity contribution in [3.8, 4) is 0 Å². The first-order valence-corrected chi connectivity index (χ1v) is 2.95. The van der Waals surface area contributed by atoms with Crippen LogP contribution in [0.15, 0.2) is 0 Å². The van der Waals surface area contributed by atoms with Crippen LogP contribution in [-0.2, 0) is 9.59 Å². The largest absolute Gasteiger partial charge is 0.480 e. The molecule has 0 saturated heterocycles. The minimum Gasteiger partial charge on any atom is -0.480 e. The van der Waals surface area contributed by atoms with Crippen LogP contribution in [0.4, 0.5) is 0 Å². The topological polar surface area (TPSA) is 141 Å². The summed E-state index contributed by atoms with van der Waals surface area (Å²) < 4.78 is 0. The third-order valence-electron chi connectivity index (χ3n) is 1.23. The molecule has 12 heavy (non-hydrogen) atoms. The highest BCUT2D eigenvalue weighted by molar-refractivity contribution is 5.78. The van der Waals surface area contributed by atoms with E-state index in [0.717, 1.165) is 0 Å². The van der Waals surface area contributed by atoms with Crippen molar-refractivity contribution in [1.82, 2.24) is 0 Å². The zero-order valence-electron chi connectivity index (χ0n) is 5.91. The lowest BCUT2D eigenvalue weighted by atomic mass is 10.1. The predicted molar refractivity (Wildman–Crippen MR) is 35.3 cm³/mol. The summed E-state index contributed by atoms with van der Waals surface area (Å²) >= 11 is 0. The Labute approximate surface area is 67.0 Å². The van der Waals surface area contributed by atoms with Crippen molar-refractivity contribution in [1.29, 1.82) is 0 Å². The van der Waals surface area contributed by atoms with E-state index < -0.39 is 30.2 Å². The van der Waals surface area contributed by atoms with E-state index in [1.54, 1.807) is 0 Å². The van der Waals surface area contributed by atoms with Crippen LogP contribution in [0.25, 0.3) is 0 Å². The summed E-state index contributed by atoms with van der Waals surface area (Å²) in [7, 11) is 0. The highest BCUT2D eigenvalue weighted by Gasteiger charge is 2.32. The number of aliphatic hydroxyl groups excluding tert-OH is 2. The molecule has 6 N–H and O–H groups in total. The first-order chi connectivity index (χ1) is 5.37. The summed E-state index contributed by atoms with van der Waals surface area (Å²) in [5, 5.41) is 33.7. The predicted octanol–water partition coefficient (Wildman–Crippen LogP) is -2.80. The van der Waals surface area contributed by atoms with E-state index in [0.29, 0.717) is 0 Å². The van der Waals surface area contributed by atoms with Gasteiger partial charge in [-0.3, -0.25) is 4.79 Å². The van der Waals surface area contributed by atoms with Crippen LogP contribution >= 0.6 is 0 Å². The Morgan fingerprint density at radius 1 is 1.08 bits per heavy atom. The van der Waals surface area contributed by atoms with Gasteiger partial charge in [-0.1, -0.05) is 0 Å². The molecule has 0 heterocycles. The number of hydrogen-bond donors (Lipinski definition) is 5. The Balaban J connectivity index is 4.28. The van der Waals surface area contributed by atoms with Crippen molar-refractivity contribution < 1.29 is 30.0 Å². The summed E-state index contributed by atoms with van der Waals surface area (Å²) in [5.74, 6) is -3.30. The lowest BCUT2D eigenvalue weighted by molar-refractivity contribution is -0.156. The number of carboxylic acids is 2. The Morgan fingerprint density at radius 3 is 1.75 bits per heavy atom. The number of aliphatic hydroxyl groups is 2. The SMILES string of the molecule is N[C@@H](C(=O)O)[C@H](O)[C@@H](O)C(=O)O. The van der Waals surface area contributed by atoms with Gasteiger partial charge in [0.25, 0.3) is 0 Å². The molecule has 0 unspecified atom stereocenters. The molecule has 0 fully saturated rings. The first-order valence-electron chi connectivity index (χ1n) is 2.95. The van der Waals surface area contributed by atoms with Gasteiger partial charge in [-0.2, -0.15) is 0 Å². The molecule has 7 heteroatoms. The summed E-state index contributed by atoms with van der Waals surface area (Å²) in [6.45, 7) is 0. The van der Waals surface area contributed by atoms with Gasteiger partial charge in [0.05, 0.1) is 0 Å². The zero-order valence-corrected chi connectivity index (χ0v) is 5.91. The van der Waals surface area contributed by atoms with Crippen LogP contribution in [0.1, 0.15) is 0 Å². The number of nitrogens with two attached hydrogens (primary N) is 1. The van der Waals surface area contributed by atoms with E-state index in [-0.39, 0.29) is 0 Å². The van der Waals surface area contributed by atoms with Crippen LogP contribution in [0.2, 0.25) is 0 Å². The molecule has 0 aliphatic heterocycles. The van der Waals surface area contributed by atoms with E-state index in [1.165, 1.54) is 0 Å². The molecule has 0 amide bonds. The minimum atomic E-state index is -2.18. The van der Waals surface area contributed by atoms with E-state index in [2.05, 4.69) is 0 Å². The van der Waals surface area contributed by atoms with E-state index in [9.17, 15) is 9.59 Å². The van der Waals surface area contributed by atoms with E-state index in [4.69, 9.17) is 26.2 Å². The Hall–Kier alpha value is -1.18. The molecule has 0 radical (unpaired) electrons. The lowest BCUT2D eigenvalue weighted by Crippen LogP contribution is -2.50. The van der Waals surface area contributed by atoms with Crippen molar-refractivity contribution in [3.63, 3.8) is 0 Å². The number of rotatable bonds is 4. The fourth-order valence-electron chi connectivity index (χ4n) is 0.489. The molecule has 0 saturated carbocycles. The van der Waals surface area contributed by atoms with Crippen molar-refractivity contribution in [3.05, 3.63) is 0 Å². The summed E-state index contributed by atoms with van der Waals surface area (Å²) in [5.41, 5.74) is 4.83. The number of hydrogen-bond acceptors (Lipinski definition) is 5. The number of aliphatic carboxylic acids is 2. The highest BCUT2D eigenvalue weighted by Crippen LogP contribution is 1.98. The van der Waals surface area contributed by atoms with Gasteiger partial charge in [-0.15, -0.1) is 0 Å². The maximum absolute atomic E-state index is 10.1. The van der Waals surface area contributed by atoms with Crippen molar-refractivity contribution in [2.24, 2.45) is 5.73 Å². The molecule has 0 bridgehead atoms. The number of carboxylic acid groups (broad SMARTS) is 2. The molecule has 7 nitrogen and oxygen atoms in total. The number of carbonyl (C=O) groups is 2. The summed E-state index contributed by atoms with van der Waals surface area (Å²) in [6.07, 6.45) is -4.20. The first kappa shape index (κ1) is 10.8. The van der Waals surface area contributed by atoms with Gasteiger partial charge in [-0.25, -0.2) is 4.79 Å². The minimum absolute atomic E-state index is 1.58. The average Bonchev–Trinajstić information content (AvgIpc) is 2.00. The average molecular weight is 179 g/mol. The van der Waals surface area contributed by atoms with Crippen LogP contribution in [-0.4, -0.2) is 50.6 Å². The van der Waals surface area contributed by atoms with Crippen molar-refractivity contribution in [2.45, 2.75) is 18.2 Å². The van der Waals surface area contributed by atoms with Gasteiger partial charge in [0.2, 0.25) is 0 Å². The maximum atomic E-state index is 10.1. The highest BCUT2D eigenvalue weighted by atomic mass is 16.4. The molecule has 0 aromatic heterocycles. The third-order valence-corrected chi connectivity index (χ3v) is 1.23. The van der Waals surface area contributed by atoms with Crippen LogP contribution < -0.4 is 5.73 Å². The molecule has 0 spiro atoms. The van der Waals surface area contributed by atoms with Gasteiger partial charge >= 0.3 is 11.9 Å². The second kappa shape index (κ2) is 4.00. The van der Waals surface area contributed by atoms with Crippen LogP contribution in [0.5, 0.6) is 0 Å². The van der Waals surface area contributed by atoms with E-state index >= 15 is 0 Å². The lowest BCUT2D eigenvalue weighted by Gasteiger charge is -2.16. The summed E-state index contributed by atoms with van der Waals surface area (Å²) in [4.78, 5) is 20.1. The third kappa shape index (κ3) is 2.46. The Kier molecular flexibility index (Phi) is 3.61. The molecule has 0 aromatic rings. The summed E-state index contributed by atoms with van der Waals surface area (Å²) in [6, 6.07) is -1.81. The van der Waals surface area contributed by atoms with Crippen molar-refractivity contribution in [2.75, 3.05) is 0 Å². The van der Waals surface area contributed by atoms with Gasteiger partial charge in [0.1, 0.15) is 12.1 Å². The maximum Gasteiger partial charge on any atom is 0.335 e. The molecular formula is C5H9NO6. The van der Waals surface area contributed by atoms with Gasteiger partial charge in [0.15, 0.2) is 6.10 Å². The second-order valence-corrected chi connectivity index (χ2v) is 2.14. The fourth-order valence-corrected chi connectivity index (χ4v) is 0.489.